The number of amides is 1. The Hall–Kier alpha value is -1.52. The molecule has 0 aliphatic carbocycles. The van der Waals surface area contributed by atoms with Crippen LogP contribution in [0.3, 0.4) is 0 Å². The Morgan fingerprint density at radius 3 is 2.79 bits per heavy atom. The first-order valence-corrected chi connectivity index (χ1v) is 4.83. The van der Waals surface area contributed by atoms with Gasteiger partial charge in [0.15, 0.2) is 0 Å². The number of nitrogen functional groups attached to an aromatic ring is 1. The number of nitrogens with two attached hydrogens (primary N) is 2. The molecule has 0 bridgehead atoms. The van der Waals surface area contributed by atoms with Crippen molar-refractivity contribution in [3.63, 3.8) is 0 Å². The first-order valence-electron chi connectivity index (χ1n) is 4.83. The molecule has 1 aromatic rings. The van der Waals surface area contributed by atoms with Crippen LogP contribution in [0.25, 0.3) is 0 Å². The van der Waals surface area contributed by atoms with Crippen molar-refractivity contribution in [2.24, 2.45) is 5.73 Å². The highest BCUT2D eigenvalue weighted by Crippen LogP contribution is 2.03. The number of nitrogens with zero attached hydrogens (tertiary/aromatic N) is 1. The highest BCUT2D eigenvalue weighted by Gasteiger charge is 2.17. The molecule has 0 unspecified atom stereocenters. The van der Waals surface area contributed by atoms with Crippen LogP contribution < -0.4 is 16.1 Å². The van der Waals surface area contributed by atoms with E-state index >= 15 is 0 Å². The smallest absolute Gasteiger partial charge is 0.305 e. The highest BCUT2D eigenvalue weighted by atomic mass is 16.1. The van der Waals surface area contributed by atoms with Gasteiger partial charge in [-0.3, -0.25) is 10.5 Å². The second-order valence-corrected chi connectivity index (χ2v) is 3.30. The van der Waals surface area contributed by atoms with Crippen molar-refractivity contribution in [1.82, 2.24) is 5.10 Å². The molecular formula is C9H17N4O+. The van der Waals surface area contributed by atoms with E-state index < -0.39 is 5.91 Å². The average molecular weight is 197 g/mol. The van der Waals surface area contributed by atoms with Gasteiger partial charge in [-0.2, -0.15) is 4.68 Å². The zero-order chi connectivity index (χ0) is 10.6. The number of aromatic nitrogens is 2. The largest absolute Gasteiger partial charge is 0.365 e. The quantitative estimate of drug-likeness (QED) is 0.464. The lowest BCUT2D eigenvalue weighted by molar-refractivity contribution is -0.737. The van der Waals surface area contributed by atoms with E-state index in [1.54, 1.807) is 10.9 Å². The maximum Gasteiger partial charge on any atom is 0.305 e. The monoisotopic (exact) mass is 197 g/mol. The number of H-pyrrole nitrogens is 1. The summed E-state index contributed by atoms with van der Waals surface area (Å²) < 4.78 is 1.75. The number of primary amides is 1. The molecule has 1 aromatic heterocycles. The fraction of sp³-hybridized carbons (Fsp3) is 0.556. The molecule has 0 aromatic carbocycles. The third-order valence-corrected chi connectivity index (χ3v) is 2.18. The van der Waals surface area contributed by atoms with Gasteiger partial charge in [0.2, 0.25) is 0 Å². The number of carbonyl (C=O) groups excluding carboxylic acids is 1. The van der Waals surface area contributed by atoms with Crippen LogP contribution in [0.1, 0.15) is 36.5 Å². The zero-order valence-electron chi connectivity index (χ0n) is 8.42. The molecule has 1 rings (SSSR count). The molecule has 14 heavy (non-hydrogen) atoms. The Bertz CT molecular complexity index is 319. The van der Waals surface area contributed by atoms with E-state index in [9.17, 15) is 4.79 Å². The van der Waals surface area contributed by atoms with Gasteiger partial charge in [-0.05, 0) is 12.8 Å². The van der Waals surface area contributed by atoms with Crippen LogP contribution in [0.4, 0.5) is 5.82 Å². The van der Waals surface area contributed by atoms with Crippen LogP contribution in [-0.2, 0) is 6.54 Å². The molecule has 5 N–H and O–H groups in total. The maximum absolute atomic E-state index is 10.9. The Balaban J connectivity index is 2.65. The Kier molecular flexibility index (Phi) is 3.50. The fourth-order valence-electron chi connectivity index (χ4n) is 1.33. The third-order valence-electron chi connectivity index (χ3n) is 2.18. The van der Waals surface area contributed by atoms with Gasteiger partial charge in [0, 0.05) is 0 Å². The standard InChI is InChI=1S/C9H16N4O/c1-2-3-4-5-13-8(10)7(6-12-13)9(11)14/h6H,2-5H2,1H3,(H4,10,11,12,14)/p+1. The summed E-state index contributed by atoms with van der Waals surface area (Å²) in [7, 11) is 0. The van der Waals surface area contributed by atoms with Gasteiger partial charge in [0.25, 0.3) is 5.91 Å². The second-order valence-electron chi connectivity index (χ2n) is 3.30. The Morgan fingerprint density at radius 2 is 2.29 bits per heavy atom. The summed E-state index contributed by atoms with van der Waals surface area (Å²) in [5.41, 5.74) is 11.2. The van der Waals surface area contributed by atoms with E-state index in [0.29, 0.717) is 11.4 Å². The lowest BCUT2D eigenvalue weighted by Gasteiger charge is -1.96. The molecule has 0 fully saturated rings. The number of nitrogens with one attached hydrogen (secondary N) is 1. The van der Waals surface area contributed by atoms with E-state index in [1.165, 1.54) is 0 Å². The number of hydrogen-bond acceptors (Lipinski definition) is 2. The van der Waals surface area contributed by atoms with Gasteiger partial charge in [-0.15, -0.1) is 0 Å². The highest BCUT2D eigenvalue weighted by molar-refractivity contribution is 5.96. The number of rotatable bonds is 5. The van der Waals surface area contributed by atoms with Crippen molar-refractivity contribution >= 4 is 11.7 Å². The Labute approximate surface area is 83.1 Å². The van der Waals surface area contributed by atoms with Crippen molar-refractivity contribution in [1.29, 1.82) is 0 Å². The number of anilines is 1. The summed E-state index contributed by atoms with van der Waals surface area (Å²) in [4.78, 5) is 10.9. The normalized spacial score (nSPS) is 10.4. The molecule has 0 aliphatic rings. The Morgan fingerprint density at radius 1 is 1.57 bits per heavy atom. The molecule has 5 heteroatoms. The molecule has 0 saturated carbocycles. The first-order chi connectivity index (χ1) is 6.66. The van der Waals surface area contributed by atoms with E-state index in [0.717, 1.165) is 25.8 Å². The third kappa shape index (κ3) is 2.25. The van der Waals surface area contributed by atoms with Crippen LogP contribution in [0, 0.1) is 0 Å². The average Bonchev–Trinajstić information content (AvgIpc) is 2.48. The summed E-state index contributed by atoms with van der Waals surface area (Å²) in [5.74, 6) is -0.0680. The first kappa shape index (κ1) is 10.6. The predicted octanol–water partition coefficient (Wildman–Crippen LogP) is 0.174. The maximum atomic E-state index is 10.9. The van der Waals surface area contributed by atoms with Gasteiger partial charge in [0.1, 0.15) is 12.1 Å². The second kappa shape index (κ2) is 4.64. The SMILES string of the molecule is CCCCC[n+]1[nH]cc(C(N)=O)c1N. The lowest BCUT2D eigenvalue weighted by Crippen LogP contribution is -2.38. The summed E-state index contributed by atoms with van der Waals surface area (Å²) in [5, 5.41) is 2.91. The molecule has 1 heterocycles. The fourth-order valence-corrected chi connectivity index (χ4v) is 1.33. The van der Waals surface area contributed by atoms with Crippen molar-refractivity contribution in [2.75, 3.05) is 5.73 Å². The molecular weight excluding hydrogens is 180 g/mol. The minimum Gasteiger partial charge on any atom is -0.365 e. The van der Waals surface area contributed by atoms with Crippen LogP contribution in [0.15, 0.2) is 6.20 Å². The van der Waals surface area contributed by atoms with Crippen molar-refractivity contribution < 1.29 is 9.48 Å². The molecule has 0 saturated heterocycles. The molecule has 0 aliphatic heterocycles. The van der Waals surface area contributed by atoms with Gasteiger partial charge >= 0.3 is 5.82 Å². The summed E-state index contributed by atoms with van der Waals surface area (Å²) in [6, 6.07) is 0. The summed E-state index contributed by atoms with van der Waals surface area (Å²) >= 11 is 0. The predicted molar refractivity (Wildman–Crippen MR) is 53.4 cm³/mol. The van der Waals surface area contributed by atoms with Gasteiger partial charge in [0.05, 0.1) is 6.20 Å². The number of hydrogen-bond donors (Lipinski definition) is 3. The minimum atomic E-state index is -0.493. The van der Waals surface area contributed by atoms with Crippen molar-refractivity contribution in [2.45, 2.75) is 32.7 Å². The summed E-state index contributed by atoms with van der Waals surface area (Å²) in [6.07, 6.45) is 4.90. The molecule has 0 atom stereocenters. The van der Waals surface area contributed by atoms with E-state index in [1.807, 2.05) is 0 Å². The van der Waals surface area contributed by atoms with Crippen molar-refractivity contribution in [3.05, 3.63) is 11.8 Å². The molecule has 5 nitrogen and oxygen atoms in total. The van der Waals surface area contributed by atoms with Gasteiger partial charge < -0.3 is 5.73 Å². The number of aromatic amines is 1. The zero-order valence-corrected chi connectivity index (χ0v) is 8.42. The molecule has 0 radical (unpaired) electrons. The van der Waals surface area contributed by atoms with Crippen molar-refractivity contribution in [3.8, 4) is 0 Å². The molecule has 0 spiro atoms. The lowest BCUT2D eigenvalue weighted by atomic mass is 10.2. The van der Waals surface area contributed by atoms with E-state index in [2.05, 4.69) is 12.0 Å². The molecule has 78 valence electrons. The van der Waals surface area contributed by atoms with Crippen LogP contribution in [0.5, 0.6) is 0 Å². The number of aryl methyl sites for hydroxylation is 1. The van der Waals surface area contributed by atoms with Crippen LogP contribution in [0.2, 0.25) is 0 Å². The number of carbonyl (C=O) groups is 1. The van der Waals surface area contributed by atoms with Gasteiger partial charge in [-0.1, -0.05) is 13.3 Å². The van der Waals surface area contributed by atoms with E-state index in [-0.39, 0.29) is 0 Å². The minimum absolute atomic E-state index is 0.362. The topological polar surface area (TPSA) is 88.8 Å². The number of unbranched alkanes of at least 4 members (excludes halogenated alkanes) is 2. The van der Waals surface area contributed by atoms with Crippen LogP contribution in [-0.4, -0.2) is 11.0 Å². The van der Waals surface area contributed by atoms with E-state index in [4.69, 9.17) is 11.5 Å². The summed E-state index contributed by atoms with van der Waals surface area (Å²) in [6.45, 7) is 2.94. The molecule has 1 amide bonds. The van der Waals surface area contributed by atoms with Gasteiger partial charge in [-0.25, -0.2) is 5.10 Å². The van der Waals surface area contributed by atoms with Crippen LogP contribution >= 0.6 is 0 Å².